The number of rotatable bonds is 2. The van der Waals surface area contributed by atoms with Gasteiger partial charge in [-0.2, -0.15) is 0 Å². The fourth-order valence-corrected chi connectivity index (χ4v) is 1.88. The van der Waals surface area contributed by atoms with E-state index in [-0.39, 0.29) is 6.61 Å². The fourth-order valence-electron chi connectivity index (χ4n) is 1.88. The number of aliphatic hydroxyl groups excluding tert-OH is 1. The van der Waals surface area contributed by atoms with Crippen LogP contribution in [0, 0.1) is 0 Å². The van der Waals surface area contributed by atoms with Crippen LogP contribution in [0.15, 0.2) is 10.6 Å². The van der Waals surface area contributed by atoms with E-state index in [9.17, 15) is 0 Å². The van der Waals surface area contributed by atoms with Crippen molar-refractivity contribution in [1.82, 2.24) is 9.88 Å². The molecule has 4 heteroatoms. The SMILES string of the molecule is CN1CCC(c2cnc(CO)o2)CC1. The molecule has 1 aliphatic heterocycles. The molecule has 2 rings (SSSR count). The van der Waals surface area contributed by atoms with Gasteiger partial charge in [-0.1, -0.05) is 0 Å². The van der Waals surface area contributed by atoms with Crippen molar-refractivity contribution >= 4 is 0 Å². The predicted octanol–water partition coefficient (Wildman–Crippen LogP) is 0.976. The van der Waals surface area contributed by atoms with E-state index in [0.717, 1.165) is 31.7 Å². The minimum Gasteiger partial charge on any atom is -0.443 e. The van der Waals surface area contributed by atoms with Crippen LogP contribution in [0.3, 0.4) is 0 Å². The van der Waals surface area contributed by atoms with Crippen molar-refractivity contribution in [2.75, 3.05) is 20.1 Å². The molecule has 1 N–H and O–H groups in total. The molecule has 78 valence electrons. The zero-order chi connectivity index (χ0) is 9.97. The highest BCUT2D eigenvalue weighted by Gasteiger charge is 2.21. The predicted molar refractivity (Wildman–Crippen MR) is 51.9 cm³/mol. The molecular weight excluding hydrogens is 180 g/mol. The molecule has 1 aromatic rings. The topological polar surface area (TPSA) is 49.5 Å². The Morgan fingerprint density at radius 2 is 2.29 bits per heavy atom. The molecule has 0 bridgehead atoms. The van der Waals surface area contributed by atoms with E-state index in [4.69, 9.17) is 9.52 Å². The third-order valence-electron chi connectivity index (χ3n) is 2.83. The van der Waals surface area contributed by atoms with Crippen LogP contribution in [0.5, 0.6) is 0 Å². The zero-order valence-electron chi connectivity index (χ0n) is 8.44. The minimum absolute atomic E-state index is 0.105. The molecule has 0 radical (unpaired) electrons. The van der Waals surface area contributed by atoms with Crippen molar-refractivity contribution in [2.45, 2.75) is 25.4 Å². The van der Waals surface area contributed by atoms with Gasteiger partial charge in [0.2, 0.25) is 5.89 Å². The van der Waals surface area contributed by atoms with Crippen molar-refractivity contribution in [3.8, 4) is 0 Å². The van der Waals surface area contributed by atoms with Gasteiger partial charge in [0, 0.05) is 5.92 Å². The molecule has 1 aliphatic rings. The highest BCUT2D eigenvalue weighted by molar-refractivity contribution is 5.03. The highest BCUT2D eigenvalue weighted by atomic mass is 16.4. The van der Waals surface area contributed by atoms with Gasteiger partial charge in [-0.15, -0.1) is 0 Å². The summed E-state index contributed by atoms with van der Waals surface area (Å²) in [6, 6.07) is 0. The van der Waals surface area contributed by atoms with Gasteiger partial charge >= 0.3 is 0 Å². The Morgan fingerprint density at radius 1 is 1.57 bits per heavy atom. The van der Waals surface area contributed by atoms with Crippen LogP contribution in [0.25, 0.3) is 0 Å². The number of likely N-dealkylation sites (tertiary alicyclic amines) is 1. The highest BCUT2D eigenvalue weighted by Crippen LogP contribution is 2.27. The van der Waals surface area contributed by atoms with Gasteiger partial charge < -0.3 is 14.4 Å². The molecule has 4 nitrogen and oxygen atoms in total. The Bertz CT molecular complexity index is 290. The summed E-state index contributed by atoms with van der Waals surface area (Å²) in [6.07, 6.45) is 3.99. The number of oxazole rings is 1. The average Bonchev–Trinajstić information content (AvgIpc) is 2.67. The summed E-state index contributed by atoms with van der Waals surface area (Å²) in [7, 11) is 2.13. The van der Waals surface area contributed by atoms with E-state index < -0.39 is 0 Å². The summed E-state index contributed by atoms with van der Waals surface area (Å²) in [6.45, 7) is 2.12. The molecule has 14 heavy (non-hydrogen) atoms. The van der Waals surface area contributed by atoms with Gasteiger partial charge in [-0.25, -0.2) is 4.98 Å². The van der Waals surface area contributed by atoms with Crippen LogP contribution in [0.2, 0.25) is 0 Å². The lowest BCUT2D eigenvalue weighted by Gasteiger charge is -2.27. The molecule has 0 saturated carbocycles. The standard InChI is InChI=1S/C10H16N2O2/c1-12-4-2-8(3-5-12)9-6-11-10(7-13)14-9/h6,8,13H,2-5,7H2,1H3. The van der Waals surface area contributed by atoms with Gasteiger partial charge in [0.1, 0.15) is 12.4 Å². The monoisotopic (exact) mass is 196 g/mol. The van der Waals surface area contributed by atoms with Gasteiger partial charge in [-0.3, -0.25) is 0 Å². The van der Waals surface area contributed by atoms with Crippen molar-refractivity contribution in [2.24, 2.45) is 0 Å². The van der Waals surface area contributed by atoms with Crippen molar-refractivity contribution < 1.29 is 9.52 Å². The van der Waals surface area contributed by atoms with Gasteiger partial charge in [-0.05, 0) is 33.0 Å². The first-order valence-corrected chi connectivity index (χ1v) is 5.03. The Morgan fingerprint density at radius 3 is 2.86 bits per heavy atom. The fraction of sp³-hybridized carbons (Fsp3) is 0.700. The molecule has 1 aromatic heterocycles. The van der Waals surface area contributed by atoms with E-state index in [1.807, 2.05) is 0 Å². The second kappa shape index (κ2) is 4.11. The molecule has 0 amide bonds. The Kier molecular flexibility index (Phi) is 2.84. The number of aliphatic hydroxyl groups is 1. The summed E-state index contributed by atoms with van der Waals surface area (Å²) in [5, 5.41) is 8.83. The van der Waals surface area contributed by atoms with Gasteiger partial charge in [0.15, 0.2) is 0 Å². The molecule has 0 spiro atoms. The van der Waals surface area contributed by atoms with E-state index in [2.05, 4.69) is 16.9 Å². The third kappa shape index (κ3) is 1.96. The lowest BCUT2D eigenvalue weighted by molar-refractivity contribution is 0.216. The van der Waals surface area contributed by atoms with Crippen LogP contribution in [0.4, 0.5) is 0 Å². The third-order valence-corrected chi connectivity index (χ3v) is 2.83. The second-order valence-corrected chi connectivity index (χ2v) is 3.89. The maximum absolute atomic E-state index is 8.83. The van der Waals surface area contributed by atoms with Gasteiger partial charge in [0.05, 0.1) is 6.20 Å². The normalized spacial score (nSPS) is 20.1. The van der Waals surface area contributed by atoms with Crippen LogP contribution in [-0.4, -0.2) is 35.1 Å². The Labute approximate surface area is 83.5 Å². The van der Waals surface area contributed by atoms with Gasteiger partial charge in [0.25, 0.3) is 0 Å². The number of aromatic nitrogens is 1. The summed E-state index contributed by atoms with van der Waals surface area (Å²) < 4.78 is 5.43. The zero-order valence-corrected chi connectivity index (χ0v) is 8.44. The molecule has 0 aromatic carbocycles. The number of hydrogen-bond acceptors (Lipinski definition) is 4. The summed E-state index contributed by atoms with van der Waals surface area (Å²) in [5.74, 6) is 1.85. The number of nitrogens with zero attached hydrogens (tertiary/aromatic N) is 2. The Balaban J connectivity index is 2.01. The smallest absolute Gasteiger partial charge is 0.220 e. The van der Waals surface area contributed by atoms with E-state index in [1.54, 1.807) is 6.20 Å². The lowest BCUT2D eigenvalue weighted by atomic mass is 9.95. The van der Waals surface area contributed by atoms with Crippen molar-refractivity contribution in [3.63, 3.8) is 0 Å². The Hall–Kier alpha value is -0.870. The van der Waals surface area contributed by atoms with Crippen molar-refractivity contribution in [1.29, 1.82) is 0 Å². The molecule has 2 heterocycles. The molecule has 1 fully saturated rings. The first kappa shape index (κ1) is 9.68. The quantitative estimate of drug-likeness (QED) is 0.766. The summed E-state index contributed by atoms with van der Waals surface area (Å²) in [5.41, 5.74) is 0. The average molecular weight is 196 g/mol. The van der Waals surface area contributed by atoms with E-state index in [1.165, 1.54) is 0 Å². The first-order chi connectivity index (χ1) is 6.79. The van der Waals surface area contributed by atoms with Crippen LogP contribution >= 0.6 is 0 Å². The summed E-state index contributed by atoms with van der Waals surface area (Å²) >= 11 is 0. The second-order valence-electron chi connectivity index (χ2n) is 3.89. The van der Waals surface area contributed by atoms with E-state index in [0.29, 0.717) is 11.8 Å². The molecule has 0 aliphatic carbocycles. The maximum Gasteiger partial charge on any atom is 0.220 e. The molecule has 1 saturated heterocycles. The molecule has 0 atom stereocenters. The summed E-state index contributed by atoms with van der Waals surface area (Å²) in [4.78, 5) is 6.32. The van der Waals surface area contributed by atoms with Crippen molar-refractivity contribution in [3.05, 3.63) is 17.8 Å². The largest absolute Gasteiger partial charge is 0.443 e. The number of hydrogen-bond donors (Lipinski definition) is 1. The number of piperidine rings is 1. The van der Waals surface area contributed by atoms with Crippen LogP contribution in [-0.2, 0) is 6.61 Å². The first-order valence-electron chi connectivity index (χ1n) is 5.03. The minimum atomic E-state index is -0.105. The molecular formula is C10H16N2O2. The van der Waals surface area contributed by atoms with Crippen LogP contribution < -0.4 is 0 Å². The lowest BCUT2D eigenvalue weighted by Crippen LogP contribution is -2.29. The van der Waals surface area contributed by atoms with Crippen LogP contribution in [0.1, 0.15) is 30.4 Å². The molecule has 0 unspecified atom stereocenters. The maximum atomic E-state index is 8.83. The van der Waals surface area contributed by atoms with E-state index >= 15 is 0 Å².